The first-order chi connectivity index (χ1) is 8.66. The van der Waals surface area contributed by atoms with E-state index in [9.17, 15) is 9.59 Å². The van der Waals surface area contributed by atoms with E-state index >= 15 is 0 Å². The number of carboxylic acids is 1. The number of nitrogens with zero attached hydrogens (tertiary/aromatic N) is 1. The molecule has 1 heterocycles. The molecule has 1 aromatic carbocycles. The molecule has 5 heteroatoms. The molecular weight excluding hydrogens is 234 g/mol. The van der Waals surface area contributed by atoms with Crippen molar-refractivity contribution in [3.05, 3.63) is 66.0 Å². The van der Waals surface area contributed by atoms with Crippen molar-refractivity contribution in [3.8, 4) is 0 Å². The van der Waals surface area contributed by atoms with E-state index in [1.54, 1.807) is 30.6 Å². The molecule has 0 saturated heterocycles. The highest BCUT2D eigenvalue weighted by atomic mass is 16.7. The molecule has 18 heavy (non-hydrogen) atoms. The zero-order valence-electron chi connectivity index (χ0n) is 9.32. The van der Waals surface area contributed by atoms with Crippen LogP contribution >= 0.6 is 0 Å². The topological polar surface area (TPSA) is 67.5 Å². The average molecular weight is 244 g/mol. The fraction of sp³-hybridized carbons (Fsp3) is 0. The van der Waals surface area contributed by atoms with E-state index in [4.69, 9.17) is 9.94 Å². The summed E-state index contributed by atoms with van der Waals surface area (Å²) >= 11 is 0. The van der Waals surface area contributed by atoms with Crippen molar-refractivity contribution in [1.29, 1.82) is 0 Å². The van der Waals surface area contributed by atoms with Gasteiger partial charge >= 0.3 is 11.9 Å². The molecule has 2 aromatic rings. The van der Waals surface area contributed by atoms with Gasteiger partial charge in [0.25, 0.3) is 0 Å². The Bertz CT molecular complexity index is 581. The molecule has 0 unspecified atom stereocenters. The highest BCUT2D eigenvalue weighted by molar-refractivity contribution is 5.94. The lowest BCUT2D eigenvalue weighted by Crippen LogP contribution is -2.45. The molecule has 90 valence electrons. The number of rotatable bonds is 3. The van der Waals surface area contributed by atoms with Crippen LogP contribution in [0.25, 0.3) is 0 Å². The SMILES string of the molecule is O=C(O)c1cccc(C(=O)O[n+]2ccccc2)c1. The van der Waals surface area contributed by atoms with Gasteiger partial charge in [0, 0.05) is 16.9 Å². The van der Waals surface area contributed by atoms with Crippen LogP contribution in [0.3, 0.4) is 0 Å². The number of hydrogen-bond donors (Lipinski definition) is 1. The van der Waals surface area contributed by atoms with Gasteiger partial charge in [-0.1, -0.05) is 12.1 Å². The first-order valence-electron chi connectivity index (χ1n) is 5.19. The van der Waals surface area contributed by atoms with E-state index in [1.807, 2.05) is 0 Å². The van der Waals surface area contributed by atoms with Crippen LogP contribution in [-0.4, -0.2) is 17.0 Å². The summed E-state index contributed by atoms with van der Waals surface area (Å²) in [6.07, 6.45) is 3.14. The van der Waals surface area contributed by atoms with Crippen LogP contribution in [0.15, 0.2) is 54.9 Å². The first-order valence-corrected chi connectivity index (χ1v) is 5.19. The van der Waals surface area contributed by atoms with Crippen molar-refractivity contribution in [2.45, 2.75) is 0 Å². The van der Waals surface area contributed by atoms with Crippen LogP contribution in [0.1, 0.15) is 20.7 Å². The monoisotopic (exact) mass is 244 g/mol. The molecule has 0 aliphatic rings. The largest absolute Gasteiger partial charge is 0.478 e. The van der Waals surface area contributed by atoms with Crippen LogP contribution in [-0.2, 0) is 0 Å². The molecule has 0 fully saturated rings. The van der Waals surface area contributed by atoms with Crippen LogP contribution in [0.2, 0.25) is 0 Å². The van der Waals surface area contributed by atoms with E-state index in [2.05, 4.69) is 0 Å². The smallest absolute Gasteiger partial charge is 0.411 e. The van der Waals surface area contributed by atoms with Gasteiger partial charge in [0.1, 0.15) is 0 Å². The average Bonchev–Trinajstić information content (AvgIpc) is 2.40. The highest BCUT2D eigenvalue weighted by Crippen LogP contribution is 2.05. The number of carboxylic acid groups (broad SMARTS) is 1. The zero-order valence-corrected chi connectivity index (χ0v) is 9.32. The van der Waals surface area contributed by atoms with Gasteiger partial charge in [-0.05, 0) is 18.2 Å². The molecule has 0 spiro atoms. The minimum atomic E-state index is -1.09. The Balaban J connectivity index is 2.19. The standard InChI is InChI=1S/C13H9NO4/c15-12(16)10-5-4-6-11(9-10)13(17)18-14-7-2-1-3-8-14/h1-9H/p+1. The van der Waals surface area contributed by atoms with Gasteiger partial charge < -0.3 is 5.11 Å². The van der Waals surface area contributed by atoms with E-state index in [0.29, 0.717) is 0 Å². The molecule has 5 nitrogen and oxygen atoms in total. The Hall–Kier alpha value is -2.69. The lowest BCUT2D eigenvalue weighted by molar-refractivity contribution is -0.868. The lowest BCUT2D eigenvalue weighted by atomic mass is 10.1. The van der Waals surface area contributed by atoms with Gasteiger partial charge in [-0.3, -0.25) is 0 Å². The quantitative estimate of drug-likeness (QED) is 0.816. The molecule has 0 saturated carbocycles. The van der Waals surface area contributed by atoms with Gasteiger partial charge in [-0.2, -0.15) is 4.84 Å². The fourth-order valence-corrected chi connectivity index (χ4v) is 1.37. The summed E-state index contributed by atoms with van der Waals surface area (Å²) in [5.74, 6) is -1.70. The minimum absolute atomic E-state index is 0.0440. The summed E-state index contributed by atoms with van der Waals surface area (Å²) in [5, 5.41) is 8.82. The van der Waals surface area contributed by atoms with Gasteiger partial charge in [-0.25, -0.2) is 9.59 Å². The van der Waals surface area contributed by atoms with Crippen molar-refractivity contribution in [2.75, 3.05) is 0 Å². The van der Waals surface area contributed by atoms with Gasteiger partial charge in [0.15, 0.2) is 0 Å². The summed E-state index contributed by atoms with van der Waals surface area (Å²) < 4.78 is 1.25. The molecule has 0 amide bonds. The molecule has 0 atom stereocenters. The van der Waals surface area contributed by atoms with Crippen molar-refractivity contribution < 1.29 is 24.3 Å². The Morgan fingerprint density at radius 2 is 1.67 bits per heavy atom. The van der Waals surface area contributed by atoms with Crippen molar-refractivity contribution in [1.82, 2.24) is 0 Å². The summed E-state index contributed by atoms with van der Waals surface area (Å²) in [6, 6.07) is 10.9. The van der Waals surface area contributed by atoms with Crippen LogP contribution in [0.5, 0.6) is 0 Å². The number of pyridine rings is 1. The second-order valence-electron chi connectivity index (χ2n) is 3.50. The van der Waals surface area contributed by atoms with Crippen molar-refractivity contribution in [2.24, 2.45) is 0 Å². The number of benzene rings is 1. The van der Waals surface area contributed by atoms with Crippen LogP contribution in [0.4, 0.5) is 0 Å². The molecule has 1 N–H and O–H groups in total. The number of carbonyl (C=O) groups excluding carboxylic acids is 1. The summed E-state index contributed by atoms with van der Waals surface area (Å²) in [4.78, 5) is 27.5. The minimum Gasteiger partial charge on any atom is -0.478 e. The third-order valence-corrected chi connectivity index (χ3v) is 2.22. The Labute approximate surface area is 103 Å². The first kappa shape index (κ1) is 11.8. The van der Waals surface area contributed by atoms with E-state index in [0.717, 1.165) is 0 Å². The molecule has 0 radical (unpaired) electrons. The van der Waals surface area contributed by atoms with Crippen LogP contribution in [0, 0.1) is 0 Å². The Kier molecular flexibility index (Phi) is 3.33. The highest BCUT2D eigenvalue weighted by Gasteiger charge is 2.15. The molecule has 0 bridgehead atoms. The normalized spacial score (nSPS) is 9.78. The van der Waals surface area contributed by atoms with Crippen molar-refractivity contribution in [3.63, 3.8) is 0 Å². The third-order valence-electron chi connectivity index (χ3n) is 2.22. The van der Waals surface area contributed by atoms with Crippen LogP contribution < -0.4 is 9.57 Å². The van der Waals surface area contributed by atoms with Crippen molar-refractivity contribution >= 4 is 11.9 Å². The predicted molar refractivity (Wildman–Crippen MR) is 60.9 cm³/mol. The maximum atomic E-state index is 11.8. The molecular formula is C13H10NO4+. The Morgan fingerprint density at radius 1 is 1.00 bits per heavy atom. The molecule has 0 aliphatic carbocycles. The molecule has 1 aromatic heterocycles. The zero-order chi connectivity index (χ0) is 13.0. The lowest BCUT2D eigenvalue weighted by Gasteiger charge is -1.99. The Morgan fingerprint density at radius 3 is 2.33 bits per heavy atom. The van der Waals surface area contributed by atoms with Gasteiger partial charge in [0.2, 0.25) is 12.4 Å². The summed E-state index contributed by atoms with van der Waals surface area (Å²) in [5.41, 5.74) is 0.230. The summed E-state index contributed by atoms with van der Waals surface area (Å²) in [6.45, 7) is 0. The fourth-order valence-electron chi connectivity index (χ4n) is 1.37. The van der Waals surface area contributed by atoms with E-state index in [1.165, 1.54) is 29.0 Å². The maximum Gasteiger partial charge on any atom is 0.411 e. The predicted octanol–water partition coefficient (Wildman–Crippen LogP) is 0.941. The number of aromatic carboxylic acids is 1. The number of aromatic nitrogens is 1. The number of hydrogen-bond acceptors (Lipinski definition) is 3. The second-order valence-corrected chi connectivity index (χ2v) is 3.50. The molecule has 0 aliphatic heterocycles. The van der Waals surface area contributed by atoms with E-state index < -0.39 is 11.9 Å². The summed E-state index contributed by atoms with van der Waals surface area (Å²) in [7, 11) is 0. The maximum absolute atomic E-state index is 11.8. The molecule has 2 rings (SSSR count). The van der Waals surface area contributed by atoms with Gasteiger partial charge in [0.05, 0.1) is 11.1 Å². The van der Waals surface area contributed by atoms with Gasteiger partial charge in [-0.15, -0.1) is 0 Å². The third kappa shape index (κ3) is 2.70. The van der Waals surface area contributed by atoms with E-state index in [-0.39, 0.29) is 11.1 Å². The number of carbonyl (C=O) groups is 2. The second kappa shape index (κ2) is 5.09.